The van der Waals surface area contributed by atoms with Gasteiger partial charge in [-0.1, -0.05) is 35.4 Å². The highest BCUT2D eigenvalue weighted by atomic mass is 35.5. The van der Waals surface area contributed by atoms with E-state index in [1.54, 1.807) is 37.3 Å². The van der Waals surface area contributed by atoms with E-state index in [1.807, 2.05) is 19.1 Å². The summed E-state index contributed by atoms with van der Waals surface area (Å²) < 4.78 is 33.7. The number of carbonyl (C=O) groups is 1. The summed E-state index contributed by atoms with van der Waals surface area (Å²) in [4.78, 5) is 12.6. The van der Waals surface area contributed by atoms with E-state index in [9.17, 15) is 13.2 Å². The first-order valence-electron chi connectivity index (χ1n) is 9.22. The second-order valence-electron chi connectivity index (χ2n) is 6.53. The number of benzene rings is 3. The number of ether oxygens (including phenoxy) is 1. The molecule has 0 aromatic heterocycles. The summed E-state index contributed by atoms with van der Waals surface area (Å²) in [5.74, 6) is -0.0679. The van der Waals surface area contributed by atoms with Crippen molar-refractivity contribution in [2.75, 3.05) is 16.6 Å². The summed E-state index contributed by atoms with van der Waals surface area (Å²) in [5.41, 5.74) is 2.05. The molecule has 1 amide bonds. The van der Waals surface area contributed by atoms with Crippen LogP contribution in [0.25, 0.3) is 0 Å². The molecule has 0 spiro atoms. The quantitative estimate of drug-likeness (QED) is 0.531. The number of amides is 1. The van der Waals surface area contributed by atoms with Crippen LogP contribution in [-0.4, -0.2) is 20.9 Å². The lowest BCUT2D eigenvalue weighted by Crippen LogP contribution is -2.16. The van der Waals surface area contributed by atoms with Crippen LogP contribution in [0.2, 0.25) is 5.02 Å². The molecular weight excluding hydrogens is 424 g/mol. The van der Waals surface area contributed by atoms with Gasteiger partial charge >= 0.3 is 0 Å². The van der Waals surface area contributed by atoms with Crippen molar-refractivity contribution in [1.29, 1.82) is 0 Å². The van der Waals surface area contributed by atoms with Gasteiger partial charge in [-0.15, -0.1) is 0 Å². The highest BCUT2D eigenvalue weighted by Crippen LogP contribution is 2.29. The Balaban J connectivity index is 1.91. The van der Waals surface area contributed by atoms with Gasteiger partial charge in [0, 0.05) is 16.3 Å². The average molecular weight is 445 g/mol. The second kappa shape index (κ2) is 9.19. The molecular formula is C22H21ClN2O4S. The molecule has 8 heteroatoms. The molecule has 3 aromatic rings. The monoisotopic (exact) mass is 444 g/mol. The van der Waals surface area contributed by atoms with Gasteiger partial charge < -0.3 is 10.1 Å². The molecule has 156 valence electrons. The van der Waals surface area contributed by atoms with Crippen molar-refractivity contribution < 1.29 is 17.9 Å². The van der Waals surface area contributed by atoms with Crippen LogP contribution in [0, 0.1) is 6.92 Å². The van der Waals surface area contributed by atoms with E-state index in [0.717, 1.165) is 5.56 Å². The number of anilines is 2. The van der Waals surface area contributed by atoms with Crippen molar-refractivity contribution in [2.24, 2.45) is 0 Å². The second-order valence-corrected chi connectivity index (χ2v) is 8.65. The van der Waals surface area contributed by atoms with Crippen molar-refractivity contribution in [1.82, 2.24) is 0 Å². The SMILES string of the molecule is CCOc1ccc(S(=O)(=O)Nc2ccc(C)cc2)cc1NC(=O)c1cccc(Cl)c1. The van der Waals surface area contributed by atoms with Crippen LogP contribution < -0.4 is 14.8 Å². The Kier molecular flexibility index (Phi) is 6.64. The zero-order chi connectivity index (χ0) is 21.7. The van der Waals surface area contributed by atoms with Crippen molar-refractivity contribution in [2.45, 2.75) is 18.7 Å². The van der Waals surface area contributed by atoms with Crippen LogP contribution in [0.3, 0.4) is 0 Å². The fourth-order valence-electron chi connectivity index (χ4n) is 2.72. The van der Waals surface area contributed by atoms with E-state index >= 15 is 0 Å². The van der Waals surface area contributed by atoms with Gasteiger partial charge in [-0.3, -0.25) is 9.52 Å². The smallest absolute Gasteiger partial charge is 0.261 e. The lowest BCUT2D eigenvalue weighted by molar-refractivity contribution is 0.102. The van der Waals surface area contributed by atoms with Crippen LogP contribution >= 0.6 is 11.6 Å². The Labute approximate surface area is 180 Å². The number of rotatable bonds is 7. The van der Waals surface area contributed by atoms with Gasteiger partial charge in [0.25, 0.3) is 15.9 Å². The van der Waals surface area contributed by atoms with E-state index in [2.05, 4.69) is 10.0 Å². The molecule has 6 nitrogen and oxygen atoms in total. The van der Waals surface area contributed by atoms with Gasteiger partial charge in [-0.25, -0.2) is 8.42 Å². The standard InChI is InChI=1S/C22H21ClN2O4S/c1-3-29-21-12-11-19(30(27,28)25-18-9-7-15(2)8-10-18)14-20(21)24-22(26)16-5-4-6-17(23)13-16/h4-14,25H,3H2,1-2H3,(H,24,26). The minimum atomic E-state index is -3.87. The largest absolute Gasteiger partial charge is 0.492 e. The highest BCUT2D eigenvalue weighted by molar-refractivity contribution is 7.92. The van der Waals surface area contributed by atoms with Gasteiger partial charge in [0.1, 0.15) is 5.75 Å². The van der Waals surface area contributed by atoms with E-state index in [0.29, 0.717) is 28.6 Å². The summed E-state index contributed by atoms with van der Waals surface area (Å²) in [6, 6.07) is 17.8. The molecule has 0 fully saturated rings. The third-order valence-electron chi connectivity index (χ3n) is 4.20. The van der Waals surface area contributed by atoms with Gasteiger partial charge in [-0.2, -0.15) is 0 Å². The van der Waals surface area contributed by atoms with E-state index in [1.165, 1.54) is 24.3 Å². The van der Waals surface area contributed by atoms with Crippen LogP contribution in [0.15, 0.2) is 71.6 Å². The van der Waals surface area contributed by atoms with Gasteiger partial charge in [0.2, 0.25) is 0 Å². The number of halogens is 1. The highest BCUT2D eigenvalue weighted by Gasteiger charge is 2.18. The van der Waals surface area contributed by atoms with Crippen LogP contribution in [-0.2, 0) is 10.0 Å². The zero-order valence-corrected chi connectivity index (χ0v) is 18.0. The predicted molar refractivity (Wildman–Crippen MR) is 119 cm³/mol. The van der Waals surface area contributed by atoms with Crippen LogP contribution in [0.4, 0.5) is 11.4 Å². The lowest BCUT2D eigenvalue weighted by Gasteiger charge is -2.14. The van der Waals surface area contributed by atoms with E-state index in [4.69, 9.17) is 16.3 Å². The number of aryl methyl sites for hydroxylation is 1. The molecule has 3 aromatic carbocycles. The van der Waals surface area contributed by atoms with E-state index < -0.39 is 15.9 Å². The Morgan fingerprint density at radius 1 is 1.03 bits per heavy atom. The minimum Gasteiger partial charge on any atom is -0.492 e. The molecule has 0 saturated heterocycles. The summed E-state index contributed by atoms with van der Waals surface area (Å²) in [7, 11) is -3.87. The normalized spacial score (nSPS) is 11.0. The summed E-state index contributed by atoms with van der Waals surface area (Å²) in [5, 5.41) is 3.13. The molecule has 0 saturated carbocycles. The summed E-state index contributed by atoms with van der Waals surface area (Å²) in [6.45, 7) is 4.07. The lowest BCUT2D eigenvalue weighted by atomic mass is 10.2. The fraction of sp³-hybridized carbons (Fsp3) is 0.136. The van der Waals surface area contributed by atoms with Crippen LogP contribution in [0.5, 0.6) is 5.75 Å². The Morgan fingerprint density at radius 3 is 2.43 bits per heavy atom. The molecule has 0 aliphatic carbocycles. The average Bonchev–Trinajstić information content (AvgIpc) is 2.71. The van der Waals surface area contributed by atoms with Crippen molar-refractivity contribution >= 4 is 38.9 Å². The number of hydrogen-bond acceptors (Lipinski definition) is 4. The molecule has 0 bridgehead atoms. The first-order valence-corrected chi connectivity index (χ1v) is 11.1. The number of carbonyl (C=O) groups excluding carboxylic acids is 1. The molecule has 3 rings (SSSR count). The maximum Gasteiger partial charge on any atom is 0.261 e. The first kappa shape index (κ1) is 21.7. The number of sulfonamides is 1. The van der Waals surface area contributed by atoms with Gasteiger partial charge in [0.05, 0.1) is 17.2 Å². The maximum absolute atomic E-state index is 12.8. The third kappa shape index (κ3) is 5.31. The Hall–Kier alpha value is -3.03. The first-order chi connectivity index (χ1) is 14.3. The molecule has 0 atom stereocenters. The molecule has 0 aliphatic rings. The summed E-state index contributed by atoms with van der Waals surface area (Å²) >= 11 is 5.95. The molecule has 0 radical (unpaired) electrons. The molecule has 2 N–H and O–H groups in total. The fourth-order valence-corrected chi connectivity index (χ4v) is 3.99. The number of nitrogens with one attached hydrogen (secondary N) is 2. The zero-order valence-electron chi connectivity index (χ0n) is 16.5. The Bertz CT molecular complexity index is 1160. The molecule has 0 unspecified atom stereocenters. The minimum absolute atomic E-state index is 0.00655. The molecule has 0 aliphatic heterocycles. The van der Waals surface area contributed by atoms with Crippen LogP contribution in [0.1, 0.15) is 22.8 Å². The van der Waals surface area contributed by atoms with Crippen molar-refractivity contribution in [3.63, 3.8) is 0 Å². The van der Waals surface area contributed by atoms with E-state index in [-0.39, 0.29) is 10.6 Å². The molecule has 0 heterocycles. The van der Waals surface area contributed by atoms with Gasteiger partial charge in [-0.05, 0) is 62.4 Å². The van der Waals surface area contributed by atoms with Crippen molar-refractivity contribution in [3.8, 4) is 5.75 Å². The maximum atomic E-state index is 12.8. The summed E-state index contributed by atoms with van der Waals surface area (Å²) in [6.07, 6.45) is 0. The Morgan fingerprint density at radius 2 is 1.77 bits per heavy atom. The topological polar surface area (TPSA) is 84.5 Å². The predicted octanol–water partition coefficient (Wildman–Crippen LogP) is 5.10. The third-order valence-corrected chi connectivity index (χ3v) is 5.81. The van der Waals surface area contributed by atoms with Crippen molar-refractivity contribution in [3.05, 3.63) is 82.9 Å². The number of hydrogen-bond donors (Lipinski definition) is 2. The van der Waals surface area contributed by atoms with Gasteiger partial charge in [0.15, 0.2) is 0 Å². The molecule has 30 heavy (non-hydrogen) atoms.